The first-order chi connectivity index (χ1) is 12.6. The Morgan fingerprint density at radius 1 is 1.00 bits per heavy atom. The summed E-state index contributed by atoms with van der Waals surface area (Å²) in [5.74, 6) is -1.73. The fourth-order valence-electron chi connectivity index (χ4n) is 2.72. The first kappa shape index (κ1) is 18.7. The van der Waals surface area contributed by atoms with E-state index < -0.39 is 30.3 Å². The summed E-state index contributed by atoms with van der Waals surface area (Å²) in [5, 5.41) is 0. The van der Waals surface area contributed by atoms with Crippen LogP contribution in [0.1, 0.15) is 25.2 Å². The van der Waals surface area contributed by atoms with Crippen molar-refractivity contribution < 1.29 is 27.4 Å². The van der Waals surface area contributed by atoms with E-state index in [-0.39, 0.29) is 13.0 Å². The van der Waals surface area contributed by atoms with E-state index in [4.69, 9.17) is 14.2 Å². The summed E-state index contributed by atoms with van der Waals surface area (Å²) in [6.45, 7) is 2.65. The molecule has 0 atom stereocenters. The number of halogens is 3. The van der Waals surface area contributed by atoms with Crippen LogP contribution in [0.4, 0.5) is 13.2 Å². The number of alkyl halides is 1. The molecule has 0 aromatic heterocycles. The molecule has 2 aromatic rings. The van der Waals surface area contributed by atoms with E-state index in [0.717, 1.165) is 5.56 Å². The van der Waals surface area contributed by atoms with Crippen molar-refractivity contribution in [3.63, 3.8) is 0 Å². The normalized spacial score (nSPS) is 20.2. The van der Waals surface area contributed by atoms with Gasteiger partial charge in [0.1, 0.15) is 0 Å². The van der Waals surface area contributed by atoms with Gasteiger partial charge in [0.05, 0.1) is 26.5 Å². The van der Waals surface area contributed by atoms with Gasteiger partial charge in [-0.25, -0.2) is 8.78 Å². The van der Waals surface area contributed by atoms with E-state index in [9.17, 15) is 13.2 Å². The van der Waals surface area contributed by atoms with Crippen molar-refractivity contribution in [3.05, 3.63) is 53.6 Å². The van der Waals surface area contributed by atoms with Gasteiger partial charge in [-0.15, -0.1) is 0 Å². The van der Waals surface area contributed by atoms with E-state index >= 15 is 0 Å². The Kier molecular flexibility index (Phi) is 6.16. The van der Waals surface area contributed by atoms with Gasteiger partial charge in [-0.2, -0.15) is 0 Å². The number of benzene rings is 2. The van der Waals surface area contributed by atoms with Crippen molar-refractivity contribution in [2.45, 2.75) is 19.6 Å². The van der Waals surface area contributed by atoms with Crippen molar-refractivity contribution in [1.82, 2.24) is 0 Å². The van der Waals surface area contributed by atoms with Gasteiger partial charge >= 0.3 is 0 Å². The lowest BCUT2D eigenvalue weighted by atomic mass is 10.0. The quantitative estimate of drug-likeness (QED) is 0.670. The van der Waals surface area contributed by atoms with Crippen LogP contribution in [0, 0.1) is 17.6 Å². The minimum Gasteiger partial charge on any atom is -0.488 e. The van der Waals surface area contributed by atoms with Crippen molar-refractivity contribution in [2.75, 3.05) is 26.5 Å². The lowest BCUT2D eigenvalue weighted by Gasteiger charge is -2.27. The molecule has 3 nitrogen and oxygen atoms in total. The highest BCUT2D eigenvalue weighted by atomic mass is 19.1. The van der Waals surface area contributed by atoms with Crippen molar-refractivity contribution in [1.29, 1.82) is 0 Å². The minimum absolute atomic E-state index is 0.0710. The summed E-state index contributed by atoms with van der Waals surface area (Å²) in [4.78, 5) is 0. The van der Waals surface area contributed by atoms with Crippen LogP contribution in [0.5, 0.6) is 5.75 Å². The molecule has 140 valence electrons. The monoisotopic (exact) mass is 366 g/mol. The van der Waals surface area contributed by atoms with Gasteiger partial charge in [-0.05, 0) is 23.3 Å². The largest absolute Gasteiger partial charge is 0.488 e. The second-order valence-corrected chi connectivity index (χ2v) is 6.39. The van der Waals surface area contributed by atoms with Crippen LogP contribution in [0.2, 0.25) is 0 Å². The van der Waals surface area contributed by atoms with Crippen LogP contribution in [0.25, 0.3) is 11.1 Å². The molecule has 0 radical (unpaired) electrons. The molecule has 1 aliphatic heterocycles. The molecular weight excluding hydrogens is 345 g/mol. The third-order valence-electron chi connectivity index (χ3n) is 4.10. The summed E-state index contributed by atoms with van der Waals surface area (Å²) in [7, 11) is 0. The first-order valence-corrected chi connectivity index (χ1v) is 8.60. The molecular formula is C20H21F3O3. The number of hydrogen-bond donors (Lipinski definition) is 0. The number of rotatable bonds is 6. The van der Waals surface area contributed by atoms with Crippen molar-refractivity contribution in [2.24, 2.45) is 5.92 Å². The Bertz CT molecular complexity index is 703. The number of hydrogen-bond acceptors (Lipinski definition) is 3. The molecule has 26 heavy (non-hydrogen) atoms. The molecule has 0 spiro atoms. The van der Waals surface area contributed by atoms with Crippen LogP contribution in [-0.2, 0) is 9.47 Å². The fraction of sp³-hybridized carbons (Fsp3) is 0.400. The van der Waals surface area contributed by atoms with Gasteiger partial charge in [0.15, 0.2) is 23.7 Å². The highest BCUT2D eigenvalue weighted by Crippen LogP contribution is 2.31. The average molecular weight is 366 g/mol. The Morgan fingerprint density at radius 3 is 2.19 bits per heavy atom. The van der Waals surface area contributed by atoms with Gasteiger partial charge < -0.3 is 14.2 Å². The second-order valence-electron chi connectivity index (χ2n) is 6.39. The smallest absolute Gasteiger partial charge is 0.190 e. The van der Waals surface area contributed by atoms with E-state index in [1.54, 1.807) is 12.1 Å². The maximum Gasteiger partial charge on any atom is 0.190 e. The molecule has 0 aliphatic carbocycles. The summed E-state index contributed by atoms with van der Waals surface area (Å²) in [5.41, 5.74) is 1.90. The lowest BCUT2D eigenvalue weighted by Crippen LogP contribution is -2.24. The Balaban J connectivity index is 1.74. The van der Waals surface area contributed by atoms with E-state index in [2.05, 4.69) is 0 Å². The maximum absolute atomic E-state index is 14.1. The highest BCUT2D eigenvalue weighted by molar-refractivity contribution is 5.65. The van der Waals surface area contributed by atoms with Crippen molar-refractivity contribution >= 4 is 0 Å². The highest BCUT2D eigenvalue weighted by Gasteiger charge is 2.21. The molecule has 0 N–H and O–H groups in total. The van der Waals surface area contributed by atoms with Crippen LogP contribution in [0.15, 0.2) is 36.4 Å². The van der Waals surface area contributed by atoms with Gasteiger partial charge in [0.2, 0.25) is 0 Å². The molecule has 0 unspecified atom stereocenters. The molecule has 6 heteroatoms. The average Bonchev–Trinajstić information content (AvgIpc) is 2.65. The molecule has 1 saturated heterocycles. The number of ether oxygens (including phenoxy) is 3. The van der Waals surface area contributed by atoms with Crippen molar-refractivity contribution in [3.8, 4) is 16.9 Å². The summed E-state index contributed by atoms with van der Waals surface area (Å²) < 4.78 is 56.6. The Labute approximate surface area is 150 Å². The van der Waals surface area contributed by atoms with Gasteiger partial charge in [0.25, 0.3) is 0 Å². The van der Waals surface area contributed by atoms with Gasteiger partial charge in [0, 0.05) is 17.9 Å². The van der Waals surface area contributed by atoms with Crippen LogP contribution < -0.4 is 4.74 Å². The minimum atomic E-state index is -0.809. The Hall–Kier alpha value is -2.05. The predicted molar refractivity (Wildman–Crippen MR) is 91.7 cm³/mol. The first-order valence-electron chi connectivity index (χ1n) is 8.60. The summed E-state index contributed by atoms with van der Waals surface area (Å²) >= 11 is 0. The lowest BCUT2D eigenvalue weighted by molar-refractivity contribution is -0.202. The van der Waals surface area contributed by atoms with Crippen LogP contribution in [-0.4, -0.2) is 26.5 Å². The molecule has 3 rings (SSSR count). The summed E-state index contributed by atoms with van der Waals surface area (Å²) in [6.07, 6.45) is -0.327. The van der Waals surface area contributed by atoms with Crippen LogP contribution >= 0.6 is 0 Å². The third-order valence-corrected chi connectivity index (χ3v) is 4.10. The zero-order chi connectivity index (χ0) is 18.5. The standard InChI is InChI=1S/C20H21F3O3/c1-13-11-25-20(26-12-13)15-5-3-14(4-6-15)16-9-17(22)19(18(23)10-16)24-8-2-7-21/h3-6,9-10,13,20H,2,7-8,11-12H2,1H3. The third kappa shape index (κ3) is 4.37. The van der Waals surface area contributed by atoms with Crippen LogP contribution in [0.3, 0.4) is 0 Å². The molecule has 1 fully saturated rings. The molecule has 0 bridgehead atoms. The maximum atomic E-state index is 14.1. The van der Waals surface area contributed by atoms with E-state index in [1.165, 1.54) is 12.1 Å². The second kappa shape index (κ2) is 8.56. The molecule has 1 heterocycles. The van der Waals surface area contributed by atoms with E-state index in [0.29, 0.717) is 30.3 Å². The zero-order valence-corrected chi connectivity index (χ0v) is 14.5. The molecule has 2 aromatic carbocycles. The fourth-order valence-corrected chi connectivity index (χ4v) is 2.72. The molecule has 0 amide bonds. The summed E-state index contributed by atoms with van der Waals surface area (Å²) in [6, 6.07) is 9.57. The van der Waals surface area contributed by atoms with E-state index in [1.807, 2.05) is 19.1 Å². The zero-order valence-electron chi connectivity index (χ0n) is 14.5. The Morgan fingerprint density at radius 2 is 1.62 bits per heavy atom. The SMILES string of the molecule is CC1COC(c2ccc(-c3cc(F)c(OCCCF)c(F)c3)cc2)OC1. The predicted octanol–water partition coefficient (Wildman–Crippen LogP) is 5.05. The van der Waals surface area contributed by atoms with Gasteiger partial charge in [-0.3, -0.25) is 4.39 Å². The topological polar surface area (TPSA) is 27.7 Å². The van der Waals surface area contributed by atoms with Gasteiger partial charge in [-0.1, -0.05) is 31.2 Å². The molecule has 1 aliphatic rings. The molecule has 0 saturated carbocycles.